The van der Waals surface area contributed by atoms with Crippen LogP contribution in [0.2, 0.25) is 0 Å². The van der Waals surface area contributed by atoms with Crippen LogP contribution in [0, 0.1) is 11.2 Å². The monoisotopic (exact) mass is 329 g/mol. The van der Waals surface area contributed by atoms with Crippen LogP contribution in [0.3, 0.4) is 0 Å². The van der Waals surface area contributed by atoms with E-state index < -0.39 is 0 Å². The highest BCUT2D eigenvalue weighted by molar-refractivity contribution is 9.10. The lowest BCUT2D eigenvalue weighted by Gasteiger charge is -2.35. The lowest BCUT2D eigenvalue weighted by molar-refractivity contribution is 0.230. The summed E-state index contributed by atoms with van der Waals surface area (Å²) in [6.45, 7) is 9.92. The number of rotatable bonds is 7. The minimum atomic E-state index is -0.165. The largest absolute Gasteiger partial charge is 0.313 e. The number of benzene rings is 1. The molecule has 0 aliphatic carbocycles. The van der Waals surface area contributed by atoms with Crippen molar-refractivity contribution >= 4 is 15.9 Å². The summed E-state index contributed by atoms with van der Waals surface area (Å²) in [6, 6.07) is 5.28. The molecule has 1 aromatic rings. The zero-order valence-corrected chi connectivity index (χ0v) is 14.0. The second-order valence-electron chi connectivity index (χ2n) is 5.79. The Morgan fingerprint density at radius 3 is 2.58 bits per heavy atom. The van der Waals surface area contributed by atoms with Gasteiger partial charge >= 0.3 is 0 Å². The van der Waals surface area contributed by atoms with Gasteiger partial charge in [0.15, 0.2) is 0 Å². The Hall–Kier alpha value is -0.410. The van der Waals surface area contributed by atoms with Gasteiger partial charge in [0.25, 0.3) is 0 Å². The Labute approximate surface area is 125 Å². The van der Waals surface area contributed by atoms with E-state index >= 15 is 0 Å². The predicted octanol–water partition coefficient (Wildman–Crippen LogP) is 4.94. The van der Waals surface area contributed by atoms with E-state index in [2.05, 4.69) is 48.9 Å². The van der Waals surface area contributed by atoms with Crippen molar-refractivity contribution in [2.24, 2.45) is 5.41 Å². The molecular formula is C16H25BrFN. The summed E-state index contributed by atoms with van der Waals surface area (Å²) in [7, 11) is 0. The average molecular weight is 330 g/mol. The second kappa shape index (κ2) is 7.39. The Kier molecular flexibility index (Phi) is 6.48. The molecule has 0 saturated heterocycles. The highest BCUT2D eigenvalue weighted by Crippen LogP contribution is 2.29. The van der Waals surface area contributed by atoms with Gasteiger partial charge in [0, 0.05) is 10.5 Å². The average Bonchev–Trinajstić information content (AvgIpc) is 2.38. The van der Waals surface area contributed by atoms with Crippen LogP contribution in [-0.4, -0.2) is 12.6 Å². The summed E-state index contributed by atoms with van der Waals surface area (Å²) >= 11 is 3.52. The molecule has 0 saturated carbocycles. The normalized spacial score (nSPS) is 13.6. The van der Waals surface area contributed by atoms with Crippen LogP contribution in [0.5, 0.6) is 0 Å². The van der Waals surface area contributed by atoms with Gasteiger partial charge in [-0.1, -0.05) is 43.6 Å². The Balaban J connectivity index is 2.90. The molecule has 0 heterocycles. The molecule has 0 fully saturated rings. The molecule has 0 aromatic heterocycles. The topological polar surface area (TPSA) is 12.0 Å². The van der Waals surface area contributed by atoms with E-state index in [1.54, 1.807) is 12.1 Å². The highest BCUT2D eigenvalue weighted by atomic mass is 79.9. The lowest BCUT2D eigenvalue weighted by Crippen LogP contribution is -2.43. The van der Waals surface area contributed by atoms with Gasteiger partial charge in [-0.3, -0.25) is 0 Å². The van der Waals surface area contributed by atoms with Crippen molar-refractivity contribution in [1.29, 1.82) is 0 Å². The van der Waals surface area contributed by atoms with Gasteiger partial charge in [0.1, 0.15) is 5.82 Å². The zero-order chi connectivity index (χ0) is 14.5. The quantitative estimate of drug-likeness (QED) is 0.747. The summed E-state index contributed by atoms with van der Waals surface area (Å²) in [5.41, 5.74) is 1.23. The van der Waals surface area contributed by atoms with Crippen LogP contribution in [-0.2, 0) is 6.42 Å². The maximum Gasteiger partial charge on any atom is 0.123 e. The van der Waals surface area contributed by atoms with Crippen molar-refractivity contribution in [1.82, 2.24) is 5.32 Å². The van der Waals surface area contributed by atoms with Crippen molar-refractivity contribution in [3.8, 4) is 0 Å². The molecule has 0 aliphatic rings. The Bertz CT molecular complexity index is 404. The molecule has 1 rings (SSSR count). The van der Waals surface area contributed by atoms with Crippen LogP contribution < -0.4 is 5.32 Å². The first kappa shape index (κ1) is 16.6. The van der Waals surface area contributed by atoms with Gasteiger partial charge in [0.2, 0.25) is 0 Å². The number of hydrogen-bond donors (Lipinski definition) is 1. The Morgan fingerprint density at radius 2 is 2.00 bits per heavy atom. The summed E-state index contributed by atoms with van der Waals surface area (Å²) in [5, 5.41) is 3.61. The third-order valence-corrected chi connectivity index (χ3v) is 4.70. The molecule has 1 nitrogen and oxygen atoms in total. The van der Waals surface area contributed by atoms with E-state index in [4.69, 9.17) is 0 Å². The van der Waals surface area contributed by atoms with Crippen LogP contribution in [0.1, 0.15) is 46.1 Å². The van der Waals surface area contributed by atoms with Crippen molar-refractivity contribution in [2.75, 3.05) is 6.54 Å². The van der Waals surface area contributed by atoms with Crippen molar-refractivity contribution in [3.63, 3.8) is 0 Å². The summed E-state index contributed by atoms with van der Waals surface area (Å²) in [4.78, 5) is 0. The third kappa shape index (κ3) is 4.88. The maximum absolute atomic E-state index is 13.4. The van der Waals surface area contributed by atoms with Crippen LogP contribution >= 0.6 is 15.9 Å². The van der Waals surface area contributed by atoms with Crippen LogP contribution in [0.25, 0.3) is 0 Å². The molecular weight excluding hydrogens is 305 g/mol. The SMILES string of the molecule is CCCNC(Cc1cc(F)ccc1Br)C(C)(C)CC. The fraction of sp³-hybridized carbons (Fsp3) is 0.625. The minimum absolute atomic E-state index is 0.165. The third-order valence-electron chi connectivity index (χ3n) is 3.93. The van der Waals surface area contributed by atoms with E-state index in [0.717, 1.165) is 35.8 Å². The zero-order valence-electron chi connectivity index (χ0n) is 12.4. The van der Waals surface area contributed by atoms with E-state index in [1.807, 2.05) is 0 Å². The van der Waals surface area contributed by atoms with E-state index in [1.165, 1.54) is 6.07 Å². The van der Waals surface area contributed by atoms with E-state index in [9.17, 15) is 4.39 Å². The molecule has 1 atom stereocenters. The molecule has 0 amide bonds. The molecule has 0 bridgehead atoms. The van der Waals surface area contributed by atoms with Gasteiger partial charge in [-0.25, -0.2) is 4.39 Å². The van der Waals surface area contributed by atoms with Gasteiger partial charge < -0.3 is 5.32 Å². The van der Waals surface area contributed by atoms with Crippen molar-refractivity contribution < 1.29 is 4.39 Å². The molecule has 0 radical (unpaired) electrons. The lowest BCUT2D eigenvalue weighted by atomic mass is 9.79. The minimum Gasteiger partial charge on any atom is -0.313 e. The van der Waals surface area contributed by atoms with Gasteiger partial charge in [-0.05, 0) is 55.0 Å². The molecule has 1 N–H and O–H groups in total. The van der Waals surface area contributed by atoms with E-state index in [-0.39, 0.29) is 11.2 Å². The molecule has 0 spiro atoms. The number of nitrogens with one attached hydrogen (secondary N) is 1. The van der Waals surface area contributed by atoms with Crippen LogP contribution in [0.4, 0.5) is 4.39 Å². The molecule has 0 aliphatic heterocycles. The second-order valence-corrected chi connectivity index (χ2v) is 6.64. The number of halogens is 2. The number of hydrogen-bond acceptors (Lipinski definition) is 1. The fourth-order valence-corrected chi connectivity index (χ4v) is 2.52. The fourth-order valence-electron chi connectivity index (χ4n) is 2.11. The predicted molar refractivity (Wildman–Crippen MR) is 84.0 cm³/mol. The van der Waals surface area contributed by atoms with Crippen molar-refractivity contribution in [2.45, 2.75) is 53.0 Å². The van der Waals surface area contributed by atoms with Crippen LogP contribution in [0.15, 0.2) is 22.7 Å². The molecule has 19 heavy (non-hydrogen) atoms. The van der Waals surface area contributed by atoms with Crippen molar-refractivity contribution in [3.05, 3.63) is 34.1 Å². The maximum atomic E-state index is 13.4. The summed E-state index contributed by atoms with van der Waals surface area (Å²) in [6.07, 6.45) is 3.06. The molecule has 1 unspecified atom stereocenters. The first-order valence-corrected chi connectivity index (χ1v) is 7.87. The first-order valence-electron chi connectivity index (χ1n) is 7.08. The molecule has 3 heteroatoms. The van der Waals surface area contributed by atoms with Gasteiger partial charge in [-0.15, -0.1) is 0 Å². The Morgan fingerprint density at radius 1 is 1.32 bits per heavy atom. The molecule has 108 valence electrons. The highest BCUT2D eigenvalue weighted by Gasteiger charge is 2.27. The summed E-state index contributed by atoms with van der Waals surface area (Å²) in [5.74, 6) is -0.165. The first-order chi connectivity index (χ1) is 8.90. The standard InChI is InChI=1S/C16H25BrFN/c1-5-9-19-15(16(3,4)6-2)11-12-10-13(18)7-8-14(12)17/h7-8,10,15,19H,5-6,9,11H2,1-4H3. The molecule has 1 aromatic carbocycles. The van der Waals surface area contributed by atoms with E-state index in [0.29, 0.717) is 6.04 Å². The van der Waals surface area contributed by atoms with Gasteiger partial charge in [-0.2, -0.15) is 0 Å². The summed E-state index contributed by atoms with van der Waals surface area (Å²) < 4.78 is 14.4. The van der Waals surface area contributed by atoms with Gasteiger partial charge in [0.05, 0.1) is 0 Å². The smallest absolute Gasteiger partial charge is 0.123 e.